The molecule has 4 nitrogen and oxygen atoms in total. The third-order valence-corrected chi connectivity index (χ3v) is 3.63. The van der Waals surface area contributed by atoms with Crippen molar-refractivity contribution < 1.29 is 9.47 Å². The summed E-state index contributed by atoms with van der Waals surface area (Å²) in [6, 6.07) is 2.14. The topological polar surface area (TPSA) is 43.4 Å². The number of methoxy groups -OCH3 is 1. The van der Waals surface area contributed by atoms with Gasteiger partial charge in [-0.25, -0.2) is 0 Å². The highest BCUT2D eigenvalue weighted by Gasteiger charge is 2.33. The molecule has 0 aliphatic rings. The Morgan fingerprint density at radius 1 is 1.30 bits per heavy atom. The Kier molecular flexibility index (Phi) is 6.43. The van der Waals surface area contributed by atoms with Gasteiger partial charge in [0.15, 0.2) is 0 Å². The highest BCUT2D eigenvalue weighted by molar-refractivity contribution is 5.28. The Morgan fingerprint density at radius 2 is 2.00 bits per heavy atom. The minimum atomic E-state index is -0.270. The zero-order valence-electron chi connectivity index (χ0n) is 13.6. The van der Waals surface area contributed by atoms with E-state index in [4.69, 9.17) is 9.47 Å². The van der Waals surface area contributed by atoms with E-state index < -0.39 is 0 Å². The Balaban J connectivity index is 3.08. The normalized spacial score (nSPS) is 15.9. The number of hydrogen-bond donors (Lipinski definition) is 1. The summed E-state index contributed by atoms with van der Waals surface area (Å²) in [4.78, 5) is 4.30. The quantitative estimate of drug-likeness (QED) is 0.793. The van der Waals surface area contributed by atoms with Gasteiger partial charge in [-0.05, 0) is 45.4 Å². The van der Waals surface area contributed by atoms with Gasteiger partial charge in [-0.1, -0.05) is 13.8 Å². The first kappa shape index (κ1) is 16.9. The van der Waals surface area contributed by atoms with Gasteiger partial charge in [0.2, 0.25) is 0 Å². The van der Waals surface area contributed by atoms with Crippen molar-refractivity contribution in [1.29, 1.82) is 0 Å². The highest BCUT2D eigenvalue weighted by Crippen LogP contribution is 2.32. The van der Waals surface area contributed by atoms with Crippen molar-refractivity contribution in [2.45, 2.75) is 58.8 Å². The molecular weight excluding hydrogens is 252 g/mol. The molecule has 4 heteroatoms. The monoisotopic (exact) mass is 280 g/mol. The first-order chi connectivity index (χ1) is 9.46. The molecule has 0 aromatic carbocycles. The van der Waals surface area contributed by atoms with Crippen molar-refractivity contribution in [2.24, 2.45) is 0 Å². The van der Waals surface area contributed by atoms with Crippen LogP contribution in [0.1, 0.15) is 52.6 Å². The lowest BCUT2D eigenvalue weighted by Crippen LogP contribution is -2.42. The van der Waals surface area contributed by atoms with Crippen LogP contribution < -0.4 is 10.1 Å². The minimum absolute atomic E-state index is 0.0886. The van der Waals surface area contributed by atoms with Gasteiger partial charge in [-0.2, -0.15) is 0 Å². The SMILES string of the molecule is CCNC(c1cncc(OC(C)C)c1)C(C)(CC)OC. The molecule has 0 fully saturated rings. The average Bonchev–Trinajstić information content (AvgIpc) is 2.43. The van der Waals surface area contributed by atoms with Crippen LogP contribution in [0.5, 0.6) is 5.75 Å². The van der Waals surface area contributed by atoms with Crippen molar-refractivity contribution in [3.05, 3.63) is 24.0 Å². The van der Waals surface area contributed by atoms with E-state index in [1.165, 1.54) is 0 Å². The first-order valence-corrected chi connectivity index (χ1v) is 7.37. The van der Waals surface area contributed by atoms with Crippen LogP contribution in [0.2, 0.25) is 0 Å². The maximum absolute atomic E-state index is 5.75. The minimum Gasteiger partial charge on any atom is -0.489 e. The summed E-state index contributed by atoms with van der Waals surface area (Å²) < 4.78 is 11.5. The predicted octanol–water partition coefficient (Wildman–Crippen LogP) is 3.33. The molecule has 1 N–H and O–H groups in total. The largest absolute Gasteiger partial charge is 0.489 e. The van der Waals surface area contributed by atoms with Crippen LogP contribution in [0.25, 0.3) is 0 Å². The molecule has 0 spiro atoms. The van der Waals surface area contributed by atoms with Crippen LogP contribution in [-0.2, 0) is 4.74 Å². The van der Waals surface area contributed by atoms with Crippen LogP contribution in [0, 0.1) is 0 Å². The van der Waals surface area contributed by atoms with Gasteiger partial charge in [-0.15, -0.1) is 0 Å². The molecular formula is C16H28N2O2. The van der Waals surface area contributed by atoms with E-state index in [-0.39, 0.29) is 17.7 Å². The fraction of sp³-hybridized carbons (Fsp3) is 0.688. The zero-order chi connectivity index (χ0) is 15.2. The standard InChI is InChI=1S/C16H28N2O2/c1-7-16(5,19-6)15(18-8-2)13-9-14(11-17-10-13)20-12(3)4/h9-12,15,18H,7-8H2,1-6H3. The summed E-state index contributed by atoms with van der Waals surface area (Å²) in [5.41, 5.74) is 0.824. The summed E-state index contributed by atoms with van der Waals surface area (Å²) in [6.07, 6.45) is 4.69. The van der Waals surface area contributed by atoms with E-state index in [0.29, 0.717) is 0 Å². The van der Waals surface area contributed by atoms with Gasteiger partial charge >= 0.3 is 0 Å². The molecule has 1 heterocycles. The molecule has 1 aromatic rings. The molecule has 0 radical (unpaired) electrons. The van der Waals surface area contributed by atoms with Crippen LogP contribution in [-0.4, -0.2) is 30.3 Å². The summed E-state index contributed by atoms with van der Waals surface area (Å²) in [6.45, 7) is 11.3. The molecule has 114 valence electrons. The number of likely N-dealkylation sites (N-methyl/N-ethyl adjacent to an activating group) is 1. The molecule has 1 aromatic heterocycles. The average molecular weight is 280 g/mol. The number of hydrogen-bond acceptors (Lipinski definition) is 4. The summed E-state index contributed by atoms with van der Waals surface area (Å²) in [5.74, 6) is 0.801. The van der Waals surface area contributed by atoms with E-state index in [0.717, 1.165) is 24.3 Å². The molecule has 0 aliphatic carbocycles. The van der Waals surface area contributed by atoms with E-state index in [9.17, 15) is 0 Å². The number of nitrogens with zero attached hydrogens (tertiary/aromatic N) is 1. The Bertz CT molecular complexity index is 403. The number of rotatable bonds is 8. The van der Waals surface area contributed by atoms with Crippen molar-refractivity contribution in [3.8, 4) is 5.75 Å². The number of nitrogens with one attached hydrogen (secondary N) is 1. The predicted molar refractivity (Wildman–Crippen MR) is 82.1 cm³/mol. The molecule has 0 aliphatic heterocycles. The zero-order valence-corrected chi connectivity index (χ0v) is 13.6. The third kappa shape index (κ3) is 4.18. The van der Waals surface area contributed by atoms with Crippen LogP contribution >= 0.6 is 0 Å². The number of ether oxygens (including phenoxy) is 2. The number of pyridine rings is 1. The molecule has 2 unspecified atom stereocenters. The smallest absolute Gasteiger partial charge is 0.138 e. The van der Waals surface area contributed by atoms with E-state index in [2.05, 4.69) is 31.1 Å². The lowest BCUT2D eigenvalue weighted by atomic mass is 9.88. The summed E-state index contributed by atoms with van der Waals surface area (Å²) in [7, 11) is 1.76. The molecule has 0 saturated carbocycles. The van der Waals surface area contributed by atoms with Gasteiger partial charge < -0.3 is 14.8 Å². The third-order valence-electron chi connectivity index (χ3n) is 3.63. The van der Waals surface area contributed by atoms with Gasteiger partial charge in [0.25, 0.3) is 0 Å². The lowest BCUT2D eigenvalue weighted by Gasteiger charge is -2.36. The van der Waals surface area contributed by atoms with E-state index in [1.54, 1.807) is 13.3 Å². The number of aromatic nitrogens is 1. The van der Waals surface area contributed by atoms with Crippen molar-refractivity contribution in [2.75, 3.05) is 13.7 Å². The molecule has 2 atom stereocenters. The Labute approximate surface area is 122 Å². The van der Waals surface area contributed by atoms with Crippen molar-refractivity contribution in [3.63, 3.8) is 0 Å². The Morgan fingerprint density at radius 3 is 2.50 bits per heavy atom. The van der Waals surface area contributed by atoms with Crippen molar-refractivity contribution >= 4 is 0 Å². The fourth-order valence-corrected chi connectivity index (χ4v) is 2.29. The lowest BCUT2D eigenvalue weighted by molar-refractivity contribution is -0.0297. The molecule has 0 amide bonds. The molecule has 0 saturated heterocycles. The molecule has 20 heavy (non-hydrogen) atoms. The second kappa shape index (κ2) is 7.60. The summed E-state index contributed by atoms with van der Waals surface area (Å²) >= 11 is 0. The second-order valence-corrected chi connectivity index (χ2v) is 5.48. The molecule has 0 bridgehead atoms. The van der Waals surface area contributed by atoms with Crippen molar-refractivity contribution in [1.82, 2.24) is 10.3 Å². The highest BCUT2D eigenvalue weighted by atomic mass is 16.5. The van der Waals surface area contributed by atoms with Gasteiger partial charge in [0, 0.05) is 13.3 Å². The fourth-order valence-electron chi connectivity index (χ4n) is 2.29. The maximum atomic E-state index is 5.75. The maximum Gasteiger partial charge on any atom is 0.138 e. The summed E-state index contributed by atoms with van der Waals surface area (Å²) in [5, 5.41) is 3.50. The van der Waals surface area contributed by atoms with Crippen LogP contribution in [0.3, 0.4) is 0 Å². The first-order valence-electron chi connectivity index (χ1n) is 7.37. The van der Waals surface area contributed by atoms with E-state index in [1.807, 2.05) is 26.1 Å². The van der Waals surface area contributed by atoms with Gasteiger partial charge in [-0.3, -0.25) is 4.98 Å². The molecule has 1 rings (SSSR count). The van der Waals surface area contributed by atoms with Gasteiger partial charge in [0.1, 0.15) is 5.75 Å². The van der Waals surface area contributed by atoms with E-state index >= 15 is 0 Å². The van der Waals surface area contributed by atoms with Crippen LogP contribution in [0.4, 0.5) is 0 Å². The van der Waals surface area contributed by atoms with Gasteiger partial charge in [0.05, 0.1) is 23.9 Å². The Hall–Kier alpha value is -1.13. The van der Waals surface area contributed by atoms with Crippen LogP contribution in [0.15, 0.2) is 18.5 Å². The second-order valence-electron chi connectivity index (χ2n) is 5.48.